The Balaban J connectivity index is 1.59. The highest BCUT2D eigenvalue weighted by Crippen LogP contribution is 2.29. The van der Waals surface area contributed by atoms with E-state index in [1.165, 1.54) is 23.1 Å². The number of aromatic nitrogens is 3. The number of anilines is 2. The number of nitrogens with zero attached hydrogens (tertiary/aromatic N) is 3. The first-order chi connectivity index (χ1) is 12.5. The van der Waals surface area contributed by atoms with Crippen LogP contribution in [0.2, 0.25) is 0 Å². The average molecular weight is 389 g/mol. The third-order valence-electron chi connectivity index (χ3n) is 4.15. The lowest BCUT2D eigenvalue weighted by molar-refractivity contribution is 0.102. The van der Waals surface area contributed by atoms with E-state index in [2.05, 4.69) is 15.5 Å². The average Bonchev–Trinajstić information content (AvgIpc) is 3.20. The Morgan fingerprint density at radius 3 is 2.62 bits per heavy atom. The summed E-state index contributed by atoms with van der Waals surface area (Å²) in [5.74, 6) is 1.26. The monoisotopic (exact) mass is 388 g/mol. The van der Waals surface area contributed by atoms with Crippen LogP contribution in [0.3, 0.4) is 0 Å². The number of thioether (sulfide) groups is 1. The molecule has 2 heterocycles. The Kier molecular flexibility index (Phi) is 5.63. The molecule has 2 aromatic heterocycles. The van der Waals surface area contributed by atoms with Crippen LogP contribution in [0.4, 0.5) is 10.8 Å². The van der Waals surface area contributed by atoms with Gasteiger partial charge in [0, 0.05) is 29.7 Å². The highest BCUT2D eigenvalue weighted by atomic mass is 32.2. The predicted molar refractivity (Wildman–Crippen MR) is 106 cm³/mol. The van der Waals surface area contributed by atoms with E-state index in [-0.39, 0.29) is 5.78 Å². The Morgan fingerprint density at radius 1 is 1.27 bits per heavy atom. The van der Waals surface area contributed by atoms with Crippen LogP contribution >= 0.6 is 23.1 Å². The van der Waals surface area contributed by atoms with E-state index in [0.717, 1.165) is 32.7 Å². The van der Waals surface area contributed by atoms with Crippen molar-refractivity contribution in [3.05, 3.63) is 47.3 Å². The van der Waals surface area contributed by atoms with Crippen molar-refractivity contribution in [1.82, 2.24) is 14.8 Å². The largest absolute Gasteiger partial charge is 0.497 e. The number of ether oxygens (including phenoxy) is 1. The summed E-state index contributed by atoms with van der Waals surface area (Å²) in [7, 11) is 3.60. The van der Waals surface area contributed by atoms with Crippen molar-refractivity contribution < 1.29 is 9.53 Å². The minimum atomic E-state index is 0.107. The summed E-state index contributed by atoms with van der Waals surface area (Å²) in [6.45, 7) is 3.96. The number of methoxy groups -OCH3 is 1. The van der Waals surface area contributed by atoms with Crippen molar-refractivity contribution in [3.8, 4) is 5.75 Å². The van der Waals surface area contributed by atoms with Crippen molar-refractivity contribution in [2.24, 2.45) is 7.05 Å². The Hall–Kier alpha value is -2.32. The van der Waals surface area contributed by atoms with Crippen LogP contribution < -0.4 is 10.1 Å². The second kappa shape index (κ2) is 7.92. The molecule has 3 rings (SSSR count). The van der Waals surface area contributed by atoms with E-state index in [1.807, 2.05) is 55.8 Å². The number of hydrogen-bond donors (Lipinski definition) is 1. The summed E-state index contributed by atoms with van der Waals surface area (Å²) in [5, 5.41) is 12.2. The molecule has 0 aliphatic rings. The number of hydrogen-bond acceptors (Lipinski definition) is 7. The number of carbonyl (C=O) groups is 1. The van der Waals surface area contributed by atoms with Crippen LogP contribution in [0, 0.1) is 13.8 Å². The molecule has 8 heteroatoms. The summed E-state index contributed by atoms with van der Waals surface area (Å²) >= 11 is 2.84. The third-order valence-corrected chi connectivity index (χ3v) is 6.12. The SMILES string of the molecule is COc1ccc(Nc2nnc(SCC(=O)c3cc(C)n(C)c3C)s2)cc1. The first-order valence-corrected chi connectivity index (χ1v) is 9.81. The van der Waals surface area contributed by atoms with E-state index >= 15 is 0 Å². The van der Waals surface area contributed by atoms with Gasteiger partial charge in [0.15, 0.2) is 10.1 Å². The van der Waals surface area contributed by atoms with Gasteiger partial charge in [0.25, 0.3) is 0 Å². The van der Waals surface area contributed by atoms with Crippen molar-refractivity contribution in [3.63, 3.8) is 0 Å². The maximum Gasteiger partial charge on any atom is 0.210 e. The highest BCUT2D eigenvalue weighted by molar-refractivity contribution is 8.01. The predicted octanol–water partition coefficient (Wildman–Crippen LogP) is 4.22. The molecule has 136 valence electrons. The van der Waals surface area contributed by atoms with Crippen molar-refractivity contribution >= 4 is 39.7 Å². The van der Waals surface area contributed by atoms with Crippen LogP contribution in [0.15, 0.2) is 34.7 Å². The van der Waals surface area contributed by atoms with E-state index < -0.39 is 0 Å². The summed E-state index contributed by atoms with van der Waals surface area (Å²) < 4.78 is 7.93. The molecule has 0 bridgehead atoms. The smallest absolute Gasteiger partial charge is 0.210 e. The fraction of sp³-hybridized carbons (Fsp3) is 0.278. The van der Waals surface area contributed by atoms with Crippen LogP contribution in [0.5, 0.6) is 5.75 Å². The van der Waals surface area contributed by atoms with Crippen molar-refractivity contribution in [2.75, 3.05) is 18.2 Å². The van der Waals surface area contributed by atoms with E-state index in [9.17, 15) is 4.79 Å². The Bertz CT molecular complexity index is 916. The minimum Gasteiger partial charge on any atom is -0.497 e. The van der Waals surface area contributed by atoms with Gasteiger partial charge in [-0.05, 0) is 44.2 Å². The van der Waals surface area contributed by atoms with Gasteiger partial charge in [-0.2, -0.15) is 0 Å². The molecular weight excluding hydrogens is 368 g/mol. The molecule has 1 N–H and O–H groups in total. The van der Waals surface area contributed by atoms with Crippen LogP contribution in [-0.2, 0) is 7.05 Å². The van der Waals surface area contributed by atoms with Gasteiger partial charge in [0.2, 0.25) is 5.13 Å². The lowest BCUT2D eigenvalue weighted by Gasteiger charge is -2.03. The molecule has 0 amide bonds. The molecule has 0 saturated heterocycles. The van der Waals surface area contributed by atoms with E-state index in [0.29, 0.717) is 10.9 Å². The van der Waals surface area contributed by atoms with Gasteiger partial charge in [0.1, 0.15) is 5.75 Å². The normalized spacial score (nSPS) is 10.8. The summed E-state index contributed by atoms with van der Waals surface area (Å²) in [5.41, 5.74) is 3.76. The van der Waals surface area contributed by atoms with Gasteiger partial charge in [-0.1, -0.05) is 23.1 Å². The molecule has 0 aliphatic heterocycles. The molecule has 6 nitrogen and oxygen atoms in total. The Labute approximate surface area is 160 Å². The molecule has 3 aromatic rings. The van der Waals surface area contributed by atoms with Crippen molar-refractivity contribution in [1.29, 1.82) is 0 Å². The number of rotatable bonds is 7. The maximum absolute atomic E-state index is 12.5. The van der Waals surface area contributed by atoms with Gasteiger partial charge >= 0.3 is 0 Å². The molecule has 0 saturated carbocycles. The second-order valence-corrected chi connectivity index (χ2v) is 7.98. The maximum atomic E-state index is 12.5. The molecule has 0 spiro atoms. The topological polar surface area (TPSA) is 69.0 Å². The van der Waals surface area contributed by atoms with Crippen molar-refractivity contribution in [2.45, 2.75) is 18.2 Å². The fourth-order valence-corrected chi connectivity index (χ4v) is 4.11. The zero-order chi connectivity index (χ0) is 18.7. The zero-order valence-corrected chi connectivity index (χ0v) is 16.7. The number of carbonyl (C=O) groups excluding carboxylic acids is 1. The van der Waals surface area contributed by atoms with Crippen LogP contribution in [-0.4, -0.2) is 33.4 Å². The number of benzene rings is 1. The summed E-state index contributed by atoms with van der Waals surface area (Å²) in [6, 6.07) is 9.52. The first kappa shape index (κ1) is 18.5. The molecular formula is C18H20N4O2S2. The molecule has 26 heavy (non-hydrogen) atoms. The van der Waals surface area contributed by atoms with Gasteiger partial charge in [-0.15, -0.1) is 10.2 Å². The fourth-order valence-electron chi connectivity index (χ4n) is 2.46. The summed E-state index contributed by atoms with van der Waals surface area (Å²) in [6.07, 6.45) is 0. The lowest BCUT2D eigenvalue weighted by Crippen LogP contribution is -2.04. The van der Waals surface area contributed by atoms with Gasteiger partial charge in [0.05, 0.1) is 12.9 Å². The van der Waals surface area contributed by atoms with Gasteiger partial charge < -0.3 is 14.6 Å². The second-order valence-electron chi connectivity index (χ2n) is 5.78. The number of aryl methyl sites for hydroxylation is 1. The molecule has 0 unspecified atom stereocenters. The quantitative estimate of drug-likeness (QED) is 0.483. The molecule has 0 aliphatic carbocycles. The summed E-state index contributed by atoms with van der Waals surface area (Å²) in [4.78, 5) is 12.5. The molecule has 1 aromatic carbocycles. The number of Topliss-reactive ketones (excluding diaryl/α,β-unsaturated/α-hetero) is 1. The van der Waals surface area contributed by atoms with Gasteiger partial charge in [-0.25, -0.2) is 0 Å². The number of nitrogens with one attached hydrogen (secondary N) is 1. The third kappa shape index (κ3) is 4.08. The molecule has 0 radical (unpaired) electrons. The van der Waals surface area contributed by atoms with E-state index in [4.69, 9.17) is 4.74 Å². The number of ketones is 1. The van der Waals surface area contributed by atoms with E-state index in [1.54, 1.807) is 7.11 Å². The molecule has 0 atom stereocenters. The lowest BCUT2D eigenvalue weighted by atomic mass is 10.2. The van der Waals surface area contributed by atoms with Gasteiger partial charge in [-0.3, -0.25) is 4.79 Å². The highest BCUT2D eigenvalue weighted by Gasteiger charge is 2.15. The Morgan fingerprint density at radius 2 is 2.00 bits per heavy atom. The van der Waals surface area contributed by atoms with Crippen LogP contribution in [0.1, 0.15) is 21.7 Å². The van der Waals surface area contributed by atoms with Crippen LogP contribution in [0.25, 0.3) is 0 Å². The standard InChI is InChI=1S/C18H20N4O2S2/c1-11-9-15(12(2)22(11)3)16(23)10-25-18-21-20-17(26-18)19-13-5-7-14(24-4)8-6-13/h5-9H,10H2,1-4H3,(H,19,20). The first-order valence-electron chi connectivity index (χ1n) is 8.01. The molecule has 0 fully saturated rings. The minimum absolute atomic E-state index is 0.107. The zero-order valence-electron chi connectivity index (χ0n) is 15.1.